The van der Waals surface area contributed by atoms with Gasteiger partial charge in [-0.25, -0.2) is 4.68 Å². The lowest BCUT2D eigenvalue weighted by Crippen LogP contribution is -2.27. The van der Waals surface area contributed by atoms with Crippen LogP contribution in [0, 0.1) is 10.1 Å². The molecule has 24 heavy (non-hydrogen) atoms. The fraction of sp³-hybridized carbons (Fsp3) is 0.462. The number of anilines is 1. The first kappa shape index (κ1) is 18.3. The Morgan fingerprint density at radius 1 is 1.46 bits per heavy atom. The van der Waals surface area contributed by atoms with Crippen molar-refractivity contribution in [2.24, 2.45) is 7.05 Å². The summed E-state index contributed by atoms with van der Waals surface area (Å²) in [5, 5.41) is 20.9. The van der Waals surface area contributed by atoms with E-state index in [4.69, 9.17) is 0 Å². The number of thiophene rings is 1. The fourth-order valence-electron chi connectivity index (χ4n) is 2.48. The van der Waals surface area contributed by atoms with Gasteiger partial charge in [0, 0.05) is 19.0 Å². The minimum atomic E-state index is -0.515. The average molecular weight is 373 g/mol. The second kappa shape index (κ2) is 7.69. The molecule has 0 atom stereocenters. The smallest absolute Gasteiger partial charge is 0.317 e. The normalized spacial score (nSPS) is 14.9. The summed E-state index contributed by atoms with van der Waals surface area (Å²) in [6.45, 7) is 1.87. The van der Waals surface area contributed by atoms with E-state index >= 15 is 0 Å². The van der Waals surface area contributed by atoms with Crippen molar-refractivity contribution in [2.45, 2.75) is 18.8 Å². The number of nitro groups is 1. The van der Waals surface area contributed by atoms with Gasteiger partial charge in [-0.15, -0.1) is 12.4 Å². The molecule has 1 aliphatic rings. The summed E-state index contributed by atoms with van der Waals surface area (Å²) < 4.78 is 1.53. The molecule has 0 bridgehead atoms. The molecule has 9 nitrogen and oxygen atoms in total. The van der Waals surface area contributed by atoms with Crippen molar-refractivity contribution >= 4 is 40.6 Å². The van der Waals surface area contributed by atoms with Crippen LogP contribution in [0.1, 0.15) is 34.3 Å². The van der Waals surface area contributed by atoms with Gasteiger partial charge in [0.1, 0.15) is 0 Å². The molecule has 0 aromatic carbocycles. The number of rotatable bonds is 4. The van der Waals surface area contributed by atoms with Crippen molar-refractivity contribution in [1.29, 1.82) is 0 Å². The van der Waals surface area contributed by atoms with E-state index in [0.717, 1.165) is 43.1 Å². The number of aryl methyl sites for hydroxylation is 1. The second-order valence-corrected chi connectivity index (χ2v) is 6.35. The Labute approximate surface area is 148 Å². The molecule has 3 heterocycles. The molecule has 1 amide bonds. The number of halogens is 1. The molecular weight excluding hydrogens is 356 g/mol. The maximum absolute atomic E-state index is 12.2. The van der Waals surface area contributed by atoms with E-state index in [2.05, 4.69) is 20.7 Å². The van der Waals surface area contributed by atoms with Gasteiger partial charge in [0.15, 0.2) is 5.82 Å². The highest BCUT2D eigenvalue weighted by Crippen LogP contribution is 2.26. The van der Waals surface area contributed by atoms with Gasteiger partial charge in [0.25, 0.3) is 5.91 Å². The van der Waals surface area contributed by atoms with Crippen LogP contribution in [0.2, 0.25) is 0 Å². The predicted molar refractivity (Wildman–Crippen MR) is 92.0 cm³/mol. The standard InChI is InChI=1S/C13H16N6O3S.ClH/c1-18-13(15-11(17-18)8-4-6-14-7-5-8)16-12(20)9-2-3-10(23-9)19(21)22;/h2-3,8,14H,4-7H2,1H3,(H,15,16,17,20);1H. The van der Waals surface area contributed by atoms with E-state index in [1.54, 1.807) is 7.05 Å². The second-order valence-electron chi connectivity index (χ2n) is 5.29. The van der Waals surface area contributed by atoms with Crippen molar-refractivity contribution in [3.05, 3.63) is 32.9 Å². The third-order valence-corrected chi connectivity index (χ3v) is 4.74. The quantitative estimate of drug-likeness (QED) is 0.625. The van der Waals surface area contributed by atoms with Crippen molar-refractivity contribution < 1.29 is 9.72 Å². The van der Waals surface area contributed by atoms with Crippen LogP contribution in [-0.4, -0.2) is 38.7 Å². The molecule has 130 valence electrons. The predicted octanol–water partition coefficient (Wildman–Crippen LogP) is 1.93. The van der Waals surface area contributed by atoms with Gasteiger partial charge in [-0.1, -0.05) is 11.3 Å². The van der Waals surface area contributed by atoms with Crippen LogP contribution in [0.3, 0.4) is 0 Å². The molecule has 0 saturated carbocycles. The molecule has 0 unspecified atom stereocenters. The number of hydrogen-bond acceptors (Lipinski definition) is 7. The first-order valence-electron chi connectivity index (χ1n) is 7.22. The van der Waals surface area contributed by atoms with Crippen molar-refractivity contribution in [2.75, 3.05) is 18.4 Å². The SMILES string of the molecule is Cl.Cn1nc(C2CCNCC2)nc1NC(=O)c1ccc([N+](=O)[O-])s1. The highest BCUT2D eigenvalue weighted by Gasteiger charge is 2.22. The Balaban J connectivity index is 0.00000208. The summed E-state index contributed by atoms with van der Waals surface area (Å²) in [5.74, 6) is 0.937. The lowest BCUT2D eigenvalue weighted by Gasteiger charge is -2.19. The van der Waals surface area contributed by atoms with Gasteiger partial charge in [-0.05, 0) is 32.0 Å². The third-order valence-electron chi connectivity index (χ3n) is 3.70. The number of carbonyl (C=O) groups excluding carboxylic acids is 1. The zero-order chi connectivity index (χ0) is 16.4. The molecule has 2 N–H and O–H groups in total. The zero-order valence-corrected chi connectivity index (χ0v) is 14.5. The van der Waals surface area contributed by atoms with Gasteiger partial charge in [-0.2, -0.15) is 10.1 Å². The Bertz CT molecular complexity index is 740. The van der Waals surface area contributed by atoms with Crippen molar-refractivity contribution in [1.82, 2.24) is 20.1 Å². The number of nitrogens with zero attached hydrogens (tertiary/aromatic N) is 4. The van der Waals surface area contributed by atoms with Crippen LogP contribution < -0.4 is 10.6 Å². The Morgan fingerprint density at radius 3 is 2.79 bits per heavy atom. The number of aromatic nitrogens is 3. The molecule has 3 rings (SSSR count). The largest absolute Gasteiger partial charge is 0.324 e. The minimum Gasteiger partial charge on any atom is -0.317 e. The molecule has 2 aromatic heterocycles. The molecule has 0 spiro atoms. The molecule has 0 aliphatic carbocycles. The molecule has 0 radical (unpaired) electrons. The van der Waals surface area contributed by atoms with Crippen LogP contribution >= 0.6 is 23.7 Å². The Kier molecular flexibility index (Phi) is 5.86. The van der Waals surface area contributed by atoms with E-state index in [9.17, 15) is 14.9 Å². The summed E-state index contributed by atoms with van der Waals surface area (Å²) >= 11 is 0.832. The van der Waals surface area contributed by atoms with E-state index in [1.807, 2.05) is 0 Å². The van der Waals surface area contributed by atoms with E-state index < -0.39 is 10.8 Å². The monoisotopic (exact) mass is 372 g/mol. The van der Waals surface area contributed by atoms with Crippen LogP contribution in [0.25, 0.3) is 0 Å². The zero-order valence-electron chi connectivity index (χ0n) is 12.9. The molecule has 1 fully saturated rings. The minimum absolute atomic E-state index is 0. The lowest BCUT2D eigenvalue weighted by atomic mass is 9.98. The van der Waals surface area contributed by atoms with E-state index in [1.165, 1.54) is 16.8 Å². The number of amides is 1. The van der Waals surface area contributed by atoms with Crippen LogP contribution in [-0.2, 0) is 7.05 Å². The van der Waals surface area contributed by atoms with E-state index in [0.29, 0.717) is 5.95 Å². The average Bonchev–Trinajstić information content (AvgIpc) is 3.16. The van der Waals surface area contributed by atoms with Gasteiger partial charge in [-0.3, -0.25) is 20.2 Å². The number of hydrogen-bond donors (Lipinski definition) is 2. The van der Waals surface area contributed by atoms with Gasteiger partial charge < -0.3 is 5.32 Å². The molecule has 1 aliphatic heterocycles. The topological polar surface area (TPSA) is 115 Å². The summed E-state index contributed by atoms with van der Waals surface area (Å²) in [7, 11) is 1.71. The van der Waals surface area contributed by atoms with Crippen molar-refractivity contribution in [3.8, 4) is 0 Å². The summed E-state index contributed by atoms with van der Waals surface area (Å²) in [4.78, 5) is 27.0. The first-order chi connectivity index (χ1) is 11.0. The first-order valence-corrected chi connectivity index (χ1v) is 8.03. The molecule has 2 aromatic rings. The maximum Gasteiger partial charge on any atom is 0.324 e. The summed E-state index contributed by atoms with van der Waals surface area (Å²) in [5.41, 5.74) is 0. The van der Waals surface area contributed by atoms with Crippen LogP contribution in [0.4, 0.5) is 10.9 Å². The molecular formula is C13H17ClN6O3S. The van der Waals surface area contributed by atoms with Crippen LogP contribution in [0.15, 0.2) is 12.1 Å². The summed E-state index contributed by atoms with van der Waals surface area (Å²) in [6, 6.07) is 2.75. The Hall–Kier alpha value is -2.04. The summed E-state index contributed by atoms with van der Waals surface area (Å²) in [6.07, 6.45) is 1.93. The third kappa shape index (κ3) is 3.89. The van der Waals surface area contributed by atoms with Gasteiger partial charge in [0.05, 0.1) is 9.80 Å². The van der Waals surface area contributed by atoms with Crippen molar-refractivity contribution in [3.63, 3.8) is 0 Å². The van der Waals surface area contributed by atoms with Crippen LogP contribution in [0.5, 0.6) is 0 Å². The maximum atomic E-state index is 12.2. The van der Waals surface area contributed by atoms with Gasteiger partial charge in [0.2, 0.25) is 5.95 Å². The number of nitrogens with one attached hydrogen (secondary N) is 2. The van der Waals surface area contributed by atoms with E-state index in [-0.39, 0.29) is 28.2 Å². The molecule has 1 saturated heterocycles. The Morgan fingerprint density at radius 2 is 2.17 bits per heavy atom. The molecule has 11 heteroatoms. The lowest BCUT2D eigenvalue weighted by molar-refractivity contribution is -0.380. The fourth-order valence-corrected chi connectivity index (χ4v) is 3.19. The van der Waals surface area contributed by atoms with Gasteiger partial charge >= 0.3 is 5.00 Å². The highest BCUT2D eigenvalue weighted by molar-refractivity contribution is 7.17. The highest BCUT2D eigenvalue weighted by atomic mass is 35.5. The number of carbonyl (C=O) groups is 1. The number of piperidine rings is 1.